The number of hydrogen-bond donors (Lipinski definition) is 0. The van der Waals surface area contributed by atoms with E-state index in [2.05, 4.69) is 22.9 Å². The average Bonchev–Trinajstić information content (AvgIpc) is 2.65. The van der Waals surface area contributed by atoms with Gasteiger partial charge in [0.1, 0.15) is 5.82 Å². The van der Waals surface area contributed by atoms with E-state index in [9.17, 15) is 4.39 Å². The maximum absolute atomic E-state index is 13.0. The molecule has 0 heterocycles. The Bertz CT molecular complexity index is 931. The van der Waals surface area contributed by atoms with Crippen LogP contribution in [0.4, 0.5) is 10.1 Å². The maximum Gasteiger partial charge on any atom is 0.123 e. The Morgan fingerprint density at radius 3 is 2.35 bits per heavy atom. The van der Waals surface area contributed by atoms with Crippen molar-refractivity contribution in [3.63, 3.8) is 0 Å². The molecule has 0 saturated carbocycles. The summed E-state index contributed by atoms with van der Waals surface area (Å²) in [5.74, 6) is -0.229. The van der Waals surface area contributed by atoms with E-state index < -0.39 is 0 Å². The fourth-order valence-electron chi connectivity index (χ4n) is 2.30. The molecule has 0 aliphatic heterocycles. The fourth-order valence-corrected chi connectivity index (χ4v) is 3.44. The van der Waals surface area contributed by atoms with Gasteiger partial charge < -0.3 is 0 Å². The first-order chi connectivity index (χ1) is 12.6. The zero-order valence-corrected chi connectivity index (χ0v) is 16.6. The second kappa shape index (κ2) is 8.97. The van der Waals surface area contributed by atoms with Gasteiger partial charge in [0.25, 0.3) is 0 Å². The van der Waals surface area contributed by atoms with Crippen molar-refractivity contribution in [1.29, 1.82) is 0 Å². The van der Waals surface area contributed by atoms with Crippen LogP contribution in [0.5, 0.6) is 0 Å². The lowest BCUT2D eigenvalue weighted by atomic mass is 10.1. The van der Waals surface area contributed by atoms with Gasteiger partial charge in [0, 0.05) is 14.9 Å². The number of benzene rings is 3. The normalized spacial score (nSPS) is 11.9. The summed E-state index contributed by atoms with van der Waals surface area (Å²) in [6, 6.07) is 22.6. The molecule has 4 heteroatoms. The monoisotopic (exact) mass is 425 g/mol. The molecule has 1 nitrogen and oxygen atoms in total. The zero-order chi connectivity index (χ0) is 18.4. The largest absolute Gasteiger partial charge is 0.248 e. The van der Waals surface area contributed by atoms with Crippen molar-refractivity contribution < 1.29 is 4.39 Å². The van der Waals surface area contributed by atoms with Gasteiger partial charge in [0.05, 0.1) is 11.4 Å². The highest BCUT2D eigenvalue weighted by Gasteiger charge is 2.05. The summed E-state index contributed by atoms with van der Waals surface area (Å²) in [6.07, 6.45) is 1.98. The Morgan fingerprint density at radius 1 is 0.962 bits per heavy atom. The first-order valence-electron chi connectivity index (χ1n) is 8.11. The van der Waals surface area contributed by atoms with Crippen LogP contribution in [0, 0.1) is 12.7 Å². The quantitative estimate of drug-likeness (QED) is 0.308. The molecule has 0 spiro atoms. The van der Waals surface area contributed by atoms with Crippen molar-refractivity contribution >= 4 is 39.1 Å². The minimum atomic E-state index is -0.229. The fraction of sp³-hybridized carbons (Fsp3) is 0.0455. The Hall–Kier alpha value is -2.17. The third-order valence-corrected chi connectivity index (χ3v) is 5.19. The van der Waals surface area contributed by atoms with Gasteiger partial charge >= 0.3 is 0 Å². The van der Waals surface area contributed by atoms with E-state index in [1.807, 2.05) is 60.0 Å². The second-order valence-electron chi connectivity index (χ2n) is 5.69. The molecule has 0 N–H and O–H groups in total. The molecule has 0 amide bonds. The topological polar surface area (TPSA) is 12.4 Å². The van der Waals surface area contributed by atoms with E-state index in [1.54, 1.807) is 12.1 Å². The number of nitrogens with zero attached hydrogens (tertiary/aromatic N) is 1. The SMILES string of the molecule is Cc1ccc(N=C(C=CSc2ccc(F)cc2)c2ccccc2Br)cc1. The van der Waals surface area contributed by atoms with Gasteiger partial charge in [0.15, 0.2) is 0 Å². The van der Waals surface area contributed by atoms with E-state index >= 15 is 0 Å². The number of hydrogen-bond acceptors (Lipinski definition) is 2. The van der Waals surface area contributed by atoms with E-state index in [0.29, 0.717) is 0 Å². The first kappa shape index (κ1) is 18.6. The molecule has 3 aromatic carbocycles. The summed E-state index contributed by atoms with van der Waals surface area (Å²) in [4.78, 5) is 5.78. The van der Waals surface area contributed by atoms with E-state index in [0.717, 1.165) is 26.3 Å². The van der Waals surface area contributed by atoms with Gasteiger partial charge in [-0.25, -0.2) is 9.38 Å². The van der Waals surface area contributed by atoms with Gasteiger partial charge in [-0.05, 0) is 60.9 Å². The summed E-state index contributed by atoms with van der Waals surface area (Å²) in [6.45, 7) is 2.06. The molecule has 3 rings (SSSR count). The van der Waals surface area contributed by atoms with Crippen LogP contribution in [0.25, 0.3) is 0 Å². The summed E-state index contributed by atoms with van der Waals surface area (Å²) < 4.78 is 14.0. The molecular weight excluding hydrogens is 409 g/mol. The van der Waals surface area contributed by atoms with Gasteiger partial charge in [0.2, 0.25) is 0 Å². The summed E-state index contributed by atoms with van der Waals surface area (Å²) >= 11 is 5.13. The maximum atomic E-state index is 13.0. The summed E-state index contributed by atoms with van der Waals surface area (Å²) in [7, 11) is 0. The molecule has 130 valence electrons. The highest BCUT2D eigenvalue weighted by atomic mass is 79.9. The lowest BCUT2D eigenvalue weighted by Crippen LogP contribution is -1.97. The highest BCUT2D eigenvalue weighted by molar-refractivity contribution is 9.10. The second-order valence-corrected chi connectivity index (χ2v) is 7.52. The van der Waals surface area contributed by atoms with Crippen LogP contribution < -0.4 is 0 Å². The van der Waals surface area contributed by atoms with Gasteiger partial charge in [-0.1, -0.05) is 63.6 Å². The van der Waals surface area contributed by atoms with Crippen LogP contribution in [0.1, 0.15) is 11.1 Å². The first-order valence-corrected chi connectivity index (χ1v) is 9.78. The van der Waals surface area contributed by atoms with Crippen molar-refractivity contribution in [2.24, 2.45) is 4.99 Å². The van der Waals surface area contributed by atoms with Crippen LogP contribution in [0.3, 0.4) is 0 Å². The highest BCUT2D eigenvalue weighted by Crippen LogP contribution is 2.24. The van der Waals surface area contributed by atoms with Crippen molar-refractivity contribution in [3.8, 4) is 0 Å². The molecule has 0 aromatic heterocycles. The van der Waals surface area contributed by atoms with E-state index in [1.165, 1.54) is 29.5 Å². The molecule has 0 bridgehead atoms. The van der Waals surface area contributed by atoms with Crippen LogP contribution in [-0.2, 0) is 0 Å². The van der Waals surface area contributed by atoms with E-state index in [4.69, 9.17) is 4.99 Å². The van der Waals surface area contributed by atoms with Crippen molar-refractivity contribution in [1.82, 2.24) is 0 Å². The standard InChI is InChI=1S/C22H17BrFNS/c1-16-6-10-18(11-7-16)25-22(20-4-2-3-5-21(20)23)14-15-26-19-12-8-17(24)9-13-19/h2-15H,1H3. The molecule has 0 radical (unpaired) electrons. The molecule has 0 saturated heterocycles. The van der Waals surface area contributed by atoms with Gasteiger partial charge in [-0.3, -0.25) is 0 Å². The molecular formula is C22H17BrFNS. The van der Waals surface area contributed by atoms with Crippen molar-refractivity contribution in [2.45, 2.75) is 11.8 Å². The Kier molecular flexibility index (Phi) is 6.42. The van der Waals surface area contributed by atoms with Crippen LogP contribution in [0.2, 0.25) is 0 Å². The number of allylic oxidation sites excluding steroid dienone is 1. The summed E-state index contributed by atoms with van der Waals surface area (Å²) in [5, 5.41) is 1.97. The number of thioether (sulfide) groups is 1. The third kappa shape index (κ3) is 5.16. The summed E-state index contributed by atoms with van der Waals surface area (Å²) in [5.41, 5.74) is 3.98. The molecule has 0 unspecified atom stereocenters. The van der Waals surface area contributed by atoms with E-state index in [-0.39, 0.29) is 5.82 Å². The Balaban J connectivity index is 1.90. The average molecular weight is 426 g/mol. The van der Waals surface area contributed by atoms with Crippen LogP contribution in [-0.4, -0.2) is 5.71 Å². The van der Waals surface area contributed by atoms with Crippen LogP contribution >= 0.6 is 27.7 Å². The molecule has 0 aliphatic rings. The van der Waals surface area contributed by atoms with Crippen LogP contribution in [0.15, 0.2) is 98.6 Å². The lowest BCUT2D eigenvalue weighted by Gasteiger charge is -2.06. The van der Waals surface area contributed by atoms with Gasteiger partial charge in [-0.15, -0.1) is 0 Å². The van der Waals surface area contributed by atoms with Gasteiger partial charge in [-0.2, -0.15) is 0 Å². The molecule has 26 heavy (non-hydrogen) atoms. The number of aryl methyl sites for hydroxylation is 1. The third-order valence-electron chi connectivity index (χ3n) is 3.68. The number of rotatable bonds is 5. The minimum absolute atomic E-state index is 0.229. The van der Waals surface area contributed by atoms with Crippen molar-refractivity contribution in [2.75, 3.05) is 0 Å². The zero-order valence-electron chi connectivity index (χ0n) is 14.2. The number of halogens is 2. The smallest absolute Gasteiger partial charge is 0.123 e. The predicted molar refractivity (Wildman–Crippen MR) is 113 cm³/mol. The lowest BCUT2D eigenvalue weighted by molar-refractivity contribution is 0.626. The molecule has 0 atom stereocenters. The Labute approximate surface area is 165 Å². The van der Waals surface area contributed by atoms with Crippen molar-refractivity contribution in [3.05, 3.63) is 106 Å². The molecule has 3 aromatic rings. The molecule has 0 aliphatic carbocycles. The number of aliphatic imine (C=N–C) groups is 1. The molecule has 0 fully saturated rings. The Morgan fingerprint density at radius 2 is 1.65 bits per heavy atom. The predicted octanol–water partition coefficient (Wildman–Crippen LogP) is 7.32. The minimum Gasteiger partial charge on any atom is -0.248 e.